The van der Waals surface area contributed by atoms with Gasteiger partial charge in [-0.2, -0.15) is 18.2 Å². The fourth-order valence-electron chi connectivity index (χ4n) is 2.24. The zero-order valence-corrected chi connectivity index (χ0v) is 13.7. The highest BCUT2D eigenvalue weighted by molar-refractivity contribution is 5.50. The first-order valence-electron chi connectivity index (χ1n) is 7.69. The van der Waals surface area contributed by atoms with Gasteiger partial charge >= 0.3 is 6.18 Å². The molecule has 2 heterocycles. The van der Waals surface area contributed by atoms with Crippen LogP contribution < -0.4 is 10.6 Å². The van der Waals surface area contributed by atoms with Gasteiger partial charge in [-0.05, 0) is 24.6 Å². The molecule has 134 valence electrons. The summed E-state index contributed by atoms with van der Waals surface area (Å²) in [6.07, 6.45) is 0.242. The number of anilines is 3. The minimum Gasteiger partial charge on any atom is -0.366 e. The number of nitrogens with zero attached hydrogens (tertiary/aromatic N) is 4. The van der Waals surface area contributed by atoms with Crippen LogP contribution in [0.25, 0.3) is 0 Å². The summed E-state index contributed by atoms with van der Waals surface area (Å²) >= 11 is 0. The maximum absolute atomic E-state index is 12.8. The van der Waals surface area contributed by atoms with Crippen molar-refractivity contribution in [3.05, 3.63) is 65.7 Å². The number of aryl methyl sites for hydroxylation is 1. The Hall–Kier alpha value is -3.23. The molecule has 2 aromatic heterocycles. The van der Waals surface area contributed by atoms with E-state index in [1.54, 1.807) is 25.3 Å². The van der Waals surface area contributed by atoms with Crippen LogP contribution in [0, 0.1) is 6.92 Å². The molecule has 3 rings (SSSR count). The predicted octanol–water partition coefficient (Wildman–Crippen LogP) is 3.95. The van der Waals surface area contributed by atoms with Crippen LogP contribution in [-0.4, -0.2) is 19.9 Å². The van der Waals surface area contributed by atoms with Gasteiger partial charge in [-0.25, -0.2) is 9.97 Å². The zero-order valence-electron chi connectivity index (χ0n) is 13.7. The highest BCUT2D eigenvalue weighted by atomic mass is 19.4. The summed E-state index contributed by atoms with van der Waals surface area (Å²) < 4.78 is 38.4. The molecule has 0 bridgehead atoms. The fourth-order valence-corrected chi connectivity index (χ4v) is 2.24. The molecule has 0 atom stereocenters. The Morgan fingerprint density at radius 1 is 1.04 bits per heavy atom. The van der Waals surface area contributed by atoms with E-state index in [9.17, 15) is 13.2 Å². The highest BCUT2D eigenvalue weighted by Gasteiger charge is 2.30. The van der Waals surface area contributed by atoms with E-state index in [1.807, 2.05) is 0 Å². The van der Waals surface area contributed by atoms with Crippen molar-refractivity contribution in [1.29, 1.82) is 0 Å². The predicted molar refractivity (Wildman–Crippen MR) is 90.9 cm³/mol. The molecule has 6 nitrogen and oxygen atoms in total. The van der Waals surface area contributed by atoms with E-state index in [0.29, 0.717) is 28.8 Å². The Bertz CT molecular complexity index is 883. The molecule has 9 heteroatoms. The van der Waals surface area contributed by atoms with Crippen molar-refractivity contribution >= 4 is 17.6 Å². The quantitative estimate of drug-likeness (QED) is 0.718. The van der Waals surface area contributed by atoms with Crippen molar-refractivity contribution in [3.8, 4) is 0 Å². The molecule has 0 spiro atoms. The first-order valence-corrected chi connectivity index (χ1v) is 7.69. The van der Waals surface area contributed by atoms with Crippen LogP contribution in [-0.2, 0) is 12.7 Å². The van der Waals surface area contributed by atoms with E-state index < -0.39 is 11.7 Å². The molecule has 1 aromatic carbocycles. The SMILES string of the molecule is Cc1cc(NCc2cccc(C(F)(F)F)c2)nc(Nc2cnccn2)n1. The monoisotopic (exact) mass is 360 g/mol. The maximum atomic E-state index is 12.8. The van der Waals surface area contributed by atoms with Crippen molar-refractivity contribution in [3.63, 3.8) is 0 Å². The molecular formula is C17H15F3N6. The lowest BCUT2D eigenvalue weighted by Gasteiger charge is -2.11. The molecule has 0 saturated heterocycles. The van der Waals surface area contributed by atoms with Crippen LogP contribution in [0.5, 0.6) is 0 Å². The minimum absolute atomic E-state index is 0.199. The molecule has 0 aliphatic rings. The molecule has 0 aliphatic heterocycles. The molecule has 3 aromatic rings. The molecular weight excluding hydrogens is 345 g/mol. The summed E-state index contributed by atoms with van der Waals surface area (Å²) in [5.74, 6) is 1.29. The Morgan fingerprint density at radius 3 is 2.62 bits per heavy atom. The summed E-state index contributed by atoms with van der Waals surface area (Å²) in [6, 6.07) is 6.86. The third kappa shape index (κ3) is 4.65. The Morgan fingerprint density at radius 2 is 1.88 bits per heavy atom. The average Bonchev–Trinajstić information content (AvgIpc) is 2.60. The van der Waals surface area contributed by atoms with Crippen molar-refractivity contribution in [2.24, 2.45) is 0 Å². The van der Waals surface area contributed by atoms with Gasteiger partial charge in [0.1, 0.15) is 5.82 Å². The van der Waals surface area contributed by atoms with Gasteiger partial charge in [0, 0.05) is 30.7 Å². The second kappa shape index (κ2) is 7.34. The lowest BCUT2D eigenvalue weighted by atomic mass is 10.1. The summed E-state index contributed by atoms with van der Waals surface area (Å²) in [4.78, 5) is 16.6. The topological polar surface area (TPSA) is 75.6 Å². The first kappa shape index (κ1) is 17.6. The maximum Gasteiger partial charge on any atom is 0.416 e. The second-order valence-corrected chi connectivity index (χ2v) is 5.49. The van der Waals surface area contributed by atoms with Gasteiger partial charge < -0.3 is 10.6 Å². The molecule has 0 fully saturated rings. The van der Waals surface area contributed by atoms with Crippen LogP contribution in [0.15, 0.2) is 48.9 Å². The van der Waals surface area contributed by atoms with Crippen LogP contribution in [0.3, 0.4) is 0 Å². The fraction of sp³-hybridized carbons (Fsp3) is 0.176. The summed E-state index contributed by atoms with van der Waals surface area (Å²) in [5.41, 5.74) is 0.512. The average molecular weight is 360 g/mol. The van der Waals surface area contributed by atoms with Crippen LogP contribution >= 0.6 is 0 Å². The molecule has 2 N–H and O–H groups in total. The summed E-state index contributed by atoms with van der Waals surface area (Å²) in [6.45, 7) is 1.99. The molecule has 0 radical (unpaired) electrons. The van der Waals surface area contributed by atoms with E-state index in [1.165, 1.54) is 18.5 Å². The van der Waals surface area contributed by atoms with Crippen molar-refractivity contribution in [1.82, 2.24) is 19.9 Å². The van der Waals surface area contributed by atoms with E-state index in [2.05, 4.69) is 30.6 Å². The van der Waals surface area contributed by atoms with Crippen LogP contribution in [0.2, 0.25) is 0 Å². The van der Waals surface area contributed by atoms with E-state index >= 15 is 0 Å². The van der Waals surface area contributed by atoms with E-state index in [-0.39, 0.29) is 6.54 Å². The minimum atomic E-state index is -4.37. The van der Waals surface area contributed by atoms with Gasteiger partial charge in [0.2, 0.25) is 5.95 Å². The third-order valence-electron chi connectivity index (χ3n) is 3.39. The Labute approximate surface area is 147 Å². The van der Waals surface area contributed by atoms with Gasteiger partial charge in [0.05, 0.1) is 11.8 Å². The highest BCUT2D eigenvalue weighted by Crippen LogP contribution is 2.29. The van der Waals surface area contributed by atoms with Crippen molar-refractivity contribution in [2.45, 2.75) is 19.6 Å². The van der Waals surface area contributed by atoms with Crippen molar-refractivity contribution in [2.75, 3.05) is 10.6 Å². The third-order valence-corrected chi connectivity index (χ3v) is 3.39. The lowest BCUT2D eigenvalue weighted by molar-refractivity contribution is -0.137. The van der Waals surface area contributed by atoms with Crippen molar-refractivity contribution < 1.29 is 13.2 Å². The number of hydrogen-bond donors (Lipinski definition) is 2. The molecule has 26 heavy (non-hydrogen) atoms. The number of hydrogen-bond acceptors (Lipinski definition) is 6. The van der Waals surface area contributed by atoms with Crippen LogP contribution in [0.1, 0.15) is 16.8 Å². The Balaban J connectivity index is 1.72. The standard InChI is InChI=1S/C17H15F3N6/c1-11-7-14(25-16(24-11)26-15-10-21-5-6-22-15)23-9-12-3-2-4-13(8-12)17(18,19)20/h2-8,10H,9H2,1H3,(H2,22,23,24,25,26). The van der Waals surface area contributed by atoms with Gasteiger partial charge in [-0.15, -0.1) is 0 Å². The molecule has 0 amide bonds. The Kier molecular flexibility index (Phi) is 4.97. The number of nitrogens with one attached hydrogen (secondary N) is 2. The van der Waals surface area contributed by atoms with E-state index in [0.717, 1.165) is 12.1 Å². The lowest BCUT2D eigenvalue weighted by Crippen LogP contribution is -2.08. The van der Waals surface area contributed by atoms with Gasteiger partial charge in [0.25, 0.3) is 0 Å². The number of halogens is 3. The number of alkyl halides is 3. The number of benzene rings is 1. The molecule has 0 unspecified atom stereocenters. The number of rotatable bonds is 5. The summed E-state index contributed by atoms with van der Waals surface area (Å²) in [7, 11) is 0. The smallest absolute Gasteiger partial charge is 0.366 e. The van der Waals surface area contributed by atoms with Gasteiger partial charge in [-0.1, -0.05) is 12.1 Å². The molecule has 0 saturated carbocycles. The van der Waals surface area contributed by atoms with Gasteiger partial charge in [0.15, 0.2) is 5.82 Å². The summed E-state index contributed by atoms with van der Waals surface area (Å²) in [5, 5.41) is 5.94. The zero-order chi connectivity index (χ0) is 18.6. The normalized spacial score (nSPS) is 11.2. The largest absolute Gasteiger partial charge is 0.416 e. The molecule has 0 aliphatic carbocycles. The van der Waals surface area contributed by atoms with Crippen LogP contribution in [0.4, 0.5) is 30.8 Å². The second-order valence-electron chi connectivity index (χ2n) is 5.49. The first-order chi connectivity index (χ1) is 12.4. The van der Waals surface area contributed by atoms with Gasteiger partial charge in [-0.3, -0.25) is 4.98 Å². The number of aromatic nitrogens is 4. The van der Waals surface area contributed by atoms with E-state index in [4.69, 9.17) is 0 Å².